The summed E-state index contributed by atoms with van der Waals surface area (Å²) in [5.74, 6) is 0. The van der Waals surface area contributed by atoms with Crippen LogP contribution >= 0.6 is 0 Å². The molecule has 94 valence electrons. The minimum atomic E-state index is 0.770. The molecule has 18 heavy (non-hydrogen) atoms. The van der Waals surface area contributed by atoms with E-state index in [1.54, 1.807) is 0 Å². The van der Waals surface area contributed by atoms with E-state index >= 15 is 0 Å². The molecular formula is C15H19N3. The standard InChI is InChI=1S/C15H19N3/c1-17-15-10-12(6-9-14(15)16)11-4-7-13(8-5-11)18(2)3/h4-10,17H,16H2,1-3H3. The van der Waals surface area contributed by atoms with Crippen molar-refractivity contribution < 1.29 is 0 Å². The molecule has 0 aromatic heterocycles. The van der Waals surface area contributed by atoms with Crippen molar-refractivity contribution in [1.29, 1.82) is 0 Å². The minimum absolute atomic E-state index is 0.770. The fourth-order valence-electron chi connectivity index (χ4n) is 1.90. The SMILES string of the molecule is CNc1cc(-c2ccc(N(C)C)cc2)ccc1N. The zero-order valence-electron chi connectivity index (χ0n) is 11.1. The molecule has 3 nitrogen and oxygen atoms in total. The summed E-state index contributed by atoms with van der Waals surface area (Å²) in [5, 5.41) is 3.10. The summed E-state index contributed by atoms with van der Waals surface area (Å²) in [6, 6.07) is 14.5. The quantitative estimate of drug-likeness (QED) is 0.811. The van der Waals surface area contributed by atoms with Gasteiger partial charge in [0.05, 0.1) is 11.4 Å². The Bertz CT molecular complexity index is 530. The molecule has 0 spiro atoms. The van der Waals surface area contributed by atoms with E-state index in [2.05, 4.69) is 40.5 Å². The topological polar surface area (TPSA) is 41.3 Å². The monoisotopic (exact) mass is 241 g/mol. The molecule has 0 fully saturated rings. The lowest BCUT2D eigenvalue weighted by Crippen LogP contribution is -2.07. The first-order valence-electron chi connectivity index (χ1n) is 5.97. The average Bonchev–Trinajstić information content (AvgIpc) is 2.39. The predicted molar refractivity (Wildman–Crippen MR) is 80.2 cm³/mol. The van der Waals surface area contributed by atoms with E-state index < -0.39 is 0 Å². The van der Waals surface area contributed by atoms with Gasteiger partial charge in [0.15, 0.2) is 0 Å². The zero-order chi connectivity index (χ0) is 13.1. The van der Waals surface area contributed by atoms with Crippen molar-refractivity contribution in [3.63, 3.8) is 0 Å². The lowest BCUT2D eigenvalue weighted by Gasteiger charge is -2.13. The molecule has 2 aromatic carbocycles. The van der Waals surface area contributed by atoms with Crippen molar-refractivity contribution in [3.8, 4) is 11.1 Å². The number of nitrogens with one attached hydrogen (secondary N) is 1. The first kappa shape index (κ1) is 12.3. The zero-order valence-corrected chi connectivity index (χ0v) is 11.1. The van der Waals surface area contributed by atoms with Gasteiger partial charge in [-0.25, -0.2) is 0 Å². The Morgan fingerprint density at radius 1 is 0.944 bits per heavy atom. The third kappa shape index (κ3) is 2.40. The molecule has 0 atom stereocenters. The minimum Gasteiger partial charge on any atom is -0.397 e. The number of benzene rings is 2. The summed E-state index contributed by atoms with van der Waals surface area (Å²) in [7, 11) is 5.96. The highest BCUT2D eigenvalue weighted by Crippen LogP contribution is 2.28. The van der Waals surface area contributed by atoms with Crippen LogP contribution in [-0.4, -0.2) is 21.1 Å². The molecule has 0 saturated heterocycles. The van der Waals surface area contributed by atoms with Crippen molar-refractivity contribution in [2.75, 3.05) is 37.1 Å². The summed E-state index contributed by atoms with van der Waals surface area (Å²) < 4.78 is 0. The van der Waals surface area contributed by atoms with Crippen molar-refractivity contribution >= 4 is 17.1 Å². The molecule has 0 radical (unpaired) electrons. The Hall–Kier alpha value is -2.16. The van der Waals surface area contributed by atoms with Crippen molar-refractivity contribution in [2.24, 2.45) is 0 Å². The lowest BCUT2D eigenvalue weighted by atomic mass is 10.0. The maximum Gasteiger partial charge on any atom is 0.0577 e. The van der Waals surface area contributed by atoms with Gasteiger partial charge in [0.25, 0.3) is 0 Å². The molecule has 3 heteroatoms. The number of nitrogens with zero attached hydrogens (tertiary/aromatic N) is 1. The van der Waals surface area contributed by atoms with Gasteiger partial charge < -0.3 is 16.0 Å². The third-order valence-electron chi connectivity index (χ3n) is 3.04. The Morgan fingerprint density at radius 3 is 2.11 bits per heavy atom. The molecule has 3 N–H and O–H groups in total. The molecule has 0 aliphatic rings. The highest BCUT2D eigenvalue weighted by Gasteiger charge is 2.02. The lowest BCUT2D eigenvalue weighted by molar-refractivity contribution is 1.13. The number of nitrogen functional groups attached to an aromatic ring is 1. The van der Waals surface area contributed by atoms with Gasteiger partial charge in [-0.2, -0.15) is 0 Å². The van der Waals surface area contributed by atoms with Gasteiger partial charge >= 0.3 is 0 Å². The van der Waals surface area contributed by atoms with Gasteiger partial charge in [0, 0.05) is 26.8 Å². The van der Waals surface area contributed by atoms with Crippen molar-refractivity contribution in [2.45, 2.75) is 0 Å². The summed E-state index contributed by atoms with van der Waals surface area (Å²) >= 11 is 0. The van der Waals surface area contributed by atoms with Gasteiger partial charge in [-0.15, -0.1) is 0 Å². The van der Waals surface area contributed by atoms with Gasteiger partial charge in [0.1, 0.15) is 0 Å². The second-order valence-electron chi connectivity index (χ2n) is 4.49. The molecule has 0 saturated carbocycles. The van der Waals surface area contributed by atoms with E-state index in [0.29, 0.717) is 0 Å². The fourth-order valence-corrected chi connectivity index (χ4v) is 1.90. The Labute approximate surface area is 108 Å². The van der Waals surface area contributed by atoms with Gasteiger partial charge in [-0.3, -0.25) is 0 Å². The Morgan fingerprint density at radius 2 is 1.56 bits per heavy atom. The van der Waals surface area contributed by atoms with E-state index in [9.17, 15) is 0 Å². The van der Waals surface area contributed by atoms with E-state index in [1.807, 2.05) is 33.3 Å². The number of hydrogen-bond acceptors (Lipinski definition) is 3. The van der Waals surface area contributed by atoms with E-state index in [1.165, 1.54) is 16.8 Å². The second kappa shape index (κ2) is 5.00. The van der Waals surface area contributed by atoms with Crippen LogP contribution in [0.5, 0.6) is 0 Å². The van der Waals surface area contributed by atoms with Crippen LogP contribution in [0, 0.1) is 0 Å². The molecule has 2 aromatic rings. The molecule has 0 unspecified atom stereocenters. The number of rotatable bonds is 3. The summed E-state index contributed by atoms with van der Waals surface area (Å²) in [6.45, 7) is 0. The molecule has 0 aliphatic heterocycles. The number of nitrogens with two attached hydrogens (primary N) is 1. The second-order valence-corrected chi connectivity index (χ2v) is 4.49. The van der Waals surface area contributed by atoms with Gasteiger partial charge in [-0.05, 0) is 35.4 Å². The van der Waals surface area contributed by atoms with E-state index in [-0.39, 0.29) is 0 Å². The van der Waals surface area contributed by atoms with Crippen LogP contribution in [0.25, 0.3) is 11.1 Å². The van der Waals surface area contributed by atoms with Crippen LogP contribution in [0.2, 0.25) is 0 Å². The largest absolute Gasteiger partial charge is 0.397 e. The van der Waals surface area contributed by atoms with Crippen LogP contribution in [0.3, 0.4) is 0 Å². The van der Waals surface area contributed by atoms with E-state index in [4.69, 9.17) is 5.73 Å². The van der Waals surface area contributed by atoms with E-state index in [0.717, 1.165) is 11.4 Å². The van der Waals surface area contributed by atoms with Crippen molar-refractivity contribution in [3.05, 3.63) is 42.5 Å². The molecule has 0 aliphatic carbocycles. The number of hydrogen-bond donors (Lipinski definition) is 2. The number of anilines is 3. The highest BCUT2D eigenvalue weighted by atomic mass is 15.1. The van der Waals surface area contributed by atoms with Crippen LogP contribution < -0.4 is 16.0 Å². The highest BCUT2D eigenvalue weighted by molar-refractivity contribution is 5.76. The van der Waals surface area contributed by atoms with Crippen LogP contribution in [0.4, 0.5) is 17.1 Å². The molecule has 0 heterocycles. The summed E-state index contributed by atoms with van der Waals surface area (Å²) in [4.78, 5) is 2.09. The maximum atomic E-state index is 5.87. The van der Waals surface area contributed by atoms with Gasteiger partial charge in [-0.1, -0.05) is 18.2 Å². The third-order valence-corrected chi connectivity index (χ3v) is 3.04. The smallest absolute Gasteiger partial charge is 0.0577 e. The predicted octanol–water partition coefficient (Wildman–Crippen LogP) is 3.04. The molecule has 0 bridgehead atoms. The Balaban J connectivity index is 2.36. The Kier molecular flexibility index (Phi) is 3.42. The maximum absolute atomic E-state index is 5.87. The first-order chi connectivity index (χ1) is 8.61. The van der Waals surface area contributed by atoms with Crippen LogP contribution in [0.1, 0.15) is 0 Å². The van der Waals surface area contributed by atoms with Crippen LogP contribution in [0.15, 0.2) is 42.5 Å². The van der Waals surface area contributed by atoms with Crippen molar-refractivity contribution in [1.82, 2.24) is 0 Å². The van der Waals surface area contributed by atoms with Crippen LogP contribution in [-0.2, 0) is 0 Å². The first-order valence-corrected chi connectivity index (χ1v) is 5.97. The fraction of sp³-hybridized carbons (Fsp3) is 0.200. The normalized spacial score (nSPS) is 10.2. The summed E-state index contributed by atoms with van der Waals surface area (Å²) in [6.07, 6.45) is 0. The molecule has 0 amide bonds. The van der Waals surface area contributed by atoms with Gasteiger partial charge in [0.2, 0.25) is 0 Å². The average molecular weight is 241 g/mol. The molecule has 2 rings (SSSR count). The molecular weight excluding hydrogens is 222 g/mol. The summed E-state index contributed by atoms with van der Waals surface area (Å²) in [5.41, 5.74) is 11.2.